The van der Waals surface area contributed by atoms with Gasteiger partial charge in [0.25, 0.3) is 0 Å². The van der Waals surface area contributed by atoms with Crippen molar-refractivity contribution in [2.24, 2.45) is 5.92 Å². The van der Waals surface area contributed by atoms with Gasteiger partial charge >= 0.3 is 0 Å². The van der Waals surface area contributed by atoms with E-state index in [0.717, 1.165) is 5.69 Å². The summed E-state index contributed by atoms with van der Waals surface area (Å²) in [6.07, 6.45) is 0.229. The van der Waals surface area contributed by atoms with Crippen LogP contribution in [0.4, 0.5) is 11.4 Å². The first-order chi connectivity index (χ1) is 9.51. The standard InChI is InChI=1S/C14H17N3O3/c1-9(18)16-11-3-5-12(6-4-11)17-8-10(7-13(17)19)14(20)15-2/h3-6,10H,7-8H2,1-2H3,(H,15,20)(H,16,18). The number of rotatable bonds is 3. The monoisotopic (exact) mass is 275 g/mol. The summed E-state index contributed by atoms with van der Waals surface area (Å²) in [5.74, 6) is -0.626. The van der Waals surface area contributed by atoms with Crippen LogP contribution in [0.5, 0.6) is 0 Å². The maximum atomic E-state index is 11.9. The minimum absolute atomic E-state index is 0.0640. The molecule has 1 fully saturated rings. The van der Waals surface area contributed by atoms with Crippen LogP contribution >= 0.6 is 0 Å². The summed E-state index contributed by atoms with van der Waals surface area (Å²) in [6.45, 7) is 1.82. The van der Waals surface area contributed by atoms with E-state index >= 15 is 0 Å². The quantitative estimate of drug-likeness (QED) is 0.854. The molecule has 106 valence electrons. The highest BCUT2D eigenvalue weighted by Gasteiger charge is 2.34. The van der Waals surface area contributed by atoms with Crippen LogP contribution in [0.1, 0.15) is 13.3 Å². The average Bonchev–Trinajstić information content (AvgIpc) is 2.80. The Labute approximate surface area is 117 Å². The van der Waals surface area contributed by atoms with Crippen LogP contribution in [0.15, 0.2) is 24.3 Å². The fourth-order valence-corrected chi connectivity index (χ4v) is 2.26. The molecule has 0 radical (unpaired) electrons. The first kappa shape index (κ1) is 14.0. The molecule has 2 rings (SSSR count). The molecular weight excluding hydrogens is 258 g/mol. The molecule has 0 spiro atoms. The van der Waals surface area contributed by atoms with Gasteiger partial charge in [-0.15, -0.1) is 0 Å². The van der Waals surface area contributed by atoms with Crippen LogP contribution in [0.25, 0.3) is 0 Å². The van der Waals surface area contributed by atoms with Crippen LogP contribution < -0.4 is 15.5 Å². The third kappa shape index (κ3) is 2.96. The zero-order chi connectivity index (χ0) is 14.7. The normalized spacial score (nSPS) is 18.0. The lowest BCUT2D eigenvalue weighted by Crippen LogP contribution is -2.30. The first-order valence-corrected chi connectivity index (χ1v) is 6.41. The van der Waals surface area contributed by atoms with Gasteiger partial charge in [0.2, 0.25) is 17.7 Å². The molecule has 1 unspecified atom stereocenters. The molecule has 1 heterocycles. The van der Waals surface area contributed by atoms with E-state index in [4.69, 9.17) is 0 Å². The Balaban J connectivity index is 2.10. The van der Waals surface area contributed by atoms with Crippen molar-refractivity contribution in [3.05, 3.63) is 24.3 Å². The fraction of sp³-hybridized carbons (Fsp3) is 0.357. The molecule has 1 aromatic rings. The number of carbonyl (C=O) groups is 3. The highest BCUT2D eigenvalue weighted by atomic mass is 16.2. The molecule has 1 aliphatic rings. The second-order valence-corrected chi connectivity index (χ2v) is 4.75. The second kappa shape index (κ2) is 5.73. The van der Waals surface area contributed by atoms with Crippen molar-refractivity contribution in [1.29, 1.82) is 0 Å². The number of nitrogens with one attached hydrogen (secondary N) is 2. The molecule has 2 N–H and O–H groups in total. The minimum Gasteiger partial charge on any atom is -0.359 e. The molecule has 0 bridgehead atoms. The van der Waals surface area contributed by atoms with Gasteiger partial charge in [0.1, 0.15) is 0 Å². The Morgan fingerprint density at radius 2 is 1.90 bits per heavy atom. The number of hydrogen-bond acceptors (Lipinski definition) is 3. The maximum Gasteiger partial charge on any atom is 0.227 e. The fourth-order valence-electron chi connectivity index (χ4n) is 2.26. The van der Waals surface area contributed by atoms with Crippen molar-refractivity contribution in [2.45, 2.75) is 13.3 Å². The Bertz CT molecular complexity index is 539. The van der Waals surface area contributed by atoms with Crippen LogP contribution in [0, 0.1) is 5.92 Å². The van der Waals surface area contributed by atoms with E-state index in [2.05, 4.69) is 10.6 Å². The number of anilines is 2. The molecule has 20 heavy (non-hydrogen) atoms. The molecule has 0 saturated carbocycles. The average molecular weight is 275 g/mol. The summed E-state index contributed by atoms with van der Waals surface area (Å²) in [4.78, 5) is 36.1. The van der Waals surface area contributed by atoms with Crippen LogP contribution in [-0.4, -0.2) is 31.3 Å². The molecule has 0 aliphatic carbocycles. The predicted molar refractivity (Wildman–Crippen MR) is 75.3 cm³/mol. The van der Waals surface area contributed by atoms with Crippen molar-refractivity contribution >= 4 is 29.1 Å². The van der Waals surface area contributed by atoms with Gasteiger partial charge in [-0.25, -0.2) is 0 Å². The lowest BCUT2D eigenvalue weighted by molar-refractivity contribution is -0.125. The van der Waals surface area contributed by atoms with Crippen molar-refractivity contribution in [3.8, 4) is 0 Å². The highest BCUT2D eigenvalue weighted by Crippen LogP contribution is 2.26. The van der Waals surface area contributed by atoms with Gasteiger partial charge in [-0.05, 0) is 24.3 Å². The zero-order valence-corrected chi connectivity index (χ0v) is 11.5. The predicted octanol–water partition coefficient (Wildman–Crippen LogP) is 0.744. The van der Waals surface area contributed by atoms with E-state index < -0.39 is 0 Å². The number of benzene rings is 1. The highest BCUT2D eigenvalue weighted by molar-refractivity contribution is 6.00. The van der Waals surface area contributed by atoms with Gasteiger partial charge in [0.05, 0.1) is 5.92 Å². The summed E-state index contributed by atoms with van der Waals surface area (Å²) < 4.78 is 0. The molecule has 1 aliphatic heterocycles. The molecular formula is C14H17N3O3. The van der Waals surface area contributed by atoms with Crippen LogP contribution in [0.3, 0.4) is 0 Å². The third-order valence-corrected chi connectivity index (χ3v) is 3.24. The molecule has 1 atom stereocenters. The summed E-state index contributed by atoms with van der Waals surface area (Å²) >= 11 is 0. The van der Waals surface area contributed by atoms with Crippen molar-refractivity contribution < 1.29 is 14.4 Å². The van der Waals surface area contributed by atoms with Gasteiger partial charge in [-0.1, -0.05) is 0 Å². The SMILES string of the molecule is CNC(=O)C1CC(=O)N(c2ccc(NC(C)=O)cc2)C1. The van der Waals surface area contributed by atoms with Crippen molar-refractivity contribution in [2.75, 3.05) is 23.8 Å². The summed E-state index contributed by atoms with van der Waals surface area (Å²) in [6, 6.07) is 6.99. The Morgan fingerprint density at radius 3 is 2.45 bits per heavy atom. The molecule has 0 aromatic heterocycles. The Morgan fingerprint density at radius 1 is 1.25 bits per heavy atom. The number of amides is 3. The minimum atomic E-state index is -0.303. The van der Waals surface area contributed by atoms with Crippen LogP contribution in [0.2, 0.25) is 0 Å². The van der Waals surface area contributed by atoms with Gasteiger partial charge in [-0.2, -0.15) is 0 Å². The van der Waals surface area contributed by atoms with E-state index in [1.807, 2.05) is 0 Å². The molecule has 6 nitrogen and oxygen atoms in total. The topological polar surface area (TPSA) is 78.5 Å². The summed E-state index contributed by atoms with van der Waals surface area (Å²) in [5.41, 5.74) is 1.41. The second-order valence-electron chi connectivity index (χ2n) is 4.75. The van der Waals surface area contributed by atoms with E-state index in [9.17, 15) is 14.4 Å². The molecule has 6 heteroatoms. The number of carbonyl (C=O) groups excluding carboxylic acids is 3. The van der Waals surface area contributed by atoms with E-state index in [1.54, 1.807) is 36.2 Å². The van der Waals surface area contributed by atoms with E-state index in [1.165, 1.54) is 6.92 Å². The van der Waals surface area contributed by atoms with Crippen molar-refractivity contribution in [3.63, 3.8) is 0 Å². The molecule has 3 amide bonds. The largest absolute Gasteiger partial charge is 0.359 e. The van der Waals surface area contributed by atoms with Gasteiger partial charge in [-0.3, -0.25) is 14.4 Å². The van der Waals surface area contributed by atoms with Gasteiger partial charge < -0.3 is 15.5 Å². The maximum absolute atomic E-state index is 11.9. The number of nitrogens with zero attached hydrogens (tertiary/aromatic N) is 1. The Kier molecular flexibility index (Phi) is 4.02. The zero-order valence-electron chi connectivity index (χ0n) is 11.5. The summed E-state index contributed by atoms with van der Waals surface area (Å²) in [7, 11) is 1.57. The van der Waals surface area contributed by atoms with E-state index in [-0.39, 0.29) is 30.1 Å². The molecule has 1 aromatic carbocycles. The first-order valence-electron chi connectivity index (χ1n) is 6.41. The third-order valence-electron chi connectivity index (χ3n) is 3.24. The van der Waals surface area contributed by atoms with E-state index in [0.29, 0.717) is 12.2 Å². The van der Waals surface area contributed by atoms with Gasteiger partial charge in [0, 0.05) is 38.3 Å². The Hall–Kier alpha value is -2.37. The van der Waals surface area contributed by atoms with Crippen molar-refractivity contribution in [1.82, 2.24) is 5.32 Å². The van der Waals surface area contributed by atoms with Gasteiger partial charge in [0.15, 0.2) is 0 Å². The lowest BCUT2D eigenvalue weighted by atomic mass is 10.1. The smallest absolute Gasteiger partial charge is 0.227 e. The lowest BCUT2D eigenvalue weighted by Gasteiger charge is -2.17. The molecule has 1 saturated heterocycles. The summed E-state index contributed by atoms with van der Waals surface area (Å²) in [5, 5.41) is 5.23. The number of hydrogen-bond donors (Lipinski definition) is 2. The van der Waals surface area contributed by atoms with Crippen LogP contribution in [-0.2, 0) is 14.4 Å².